The number of pyridine rings is 1. The Morgan fingerprint density at radius 2 is 1.68 bits per heavy atom. The summed E-state index contributed by atoms with van der Waals surface area (Å²) in [7, 11) is 1.68. The van der Waals surface area contributed by atoms with Gasteiger partial charge in [0.15, 0.2) is 0 Å². The van der Waals surface area contributed by atoms with Gasteiger partial charge in [0.1, 0.15) is 18.1 Å². The first-order valence-electron chi connectivity index (χ1n) is 11.6. The van der Waals surface area contributed by atoms with Crippen molar-refractivity contribution in [3.63, 3.8) is 0 Å². The number of rotatable bonds is 9. The molecule has 0 saturated carbocycles. The Morgan fingerprint density at radius 3 is 2.35 bits per heavy atom. The number of methoxy groups -OCH3 is 1. The highest BCUT2D eigenvalue weighted by molar-refractivity contribution is 5.91. The van der Waals surface area contributed by atoms with Crippen LogP contribution in [-0.2, 0) is 17.8 Å². The van der Waals surface area contributed by atoms with Crippen LogP contribution in [0.5, 0.6) is 11.5 Å². The number of amides is 1. The van der Waals surface area contributed by atoms with E-state index < -0.39 is 0 Å². The van der Waals surface area contributed by atoms with Crippen molar-refractivity contribution in [3.8, 4) is 11.5 Å². The summed E-state index contributed by atoms with van der Waals surface area (Å²) in [5, 5.41) is 0. The first kappa shape index (κ1) is 23.5. The standard InChI is InChI=1S/C28H31N3O3/c1-33-26-9-4-24(5-10-26)14-16-30-17-19-31(20-18-30)28(32)13-8-23-6-11-27(12-7-23)34-22-25-3-2-15-29-21-25/h2-13,15,21H,14,16-20,22H2,1H3/b13-8+. The van der Waals surface area contributed by atoms with E-state index in [0.717, 1.165) is 61.8 Å². The first-order chi connectivity index (χ1) is 16.7. The number of hydrogen-bond donors (Lipinski definition) is 0. The van der Waals surface area contributed by atoms with Gasteiger partial charge in [-0.2, -0.15) is 0 Å². The lowest BCUT2D eigenvalue weighted by atomic mass is 10.1. The molecular weight excluding hydrogens is 426 g/mol. The van der Waals surface area contributed by atoms with Crippen molar-refractivity contribution >= 4 is 12.0 Å². The van der Waals surface area contributed by atoms with Crippen molar-refractivity contribution in [2.75, 3.05) is 39.8 Å². The topological polar surface area (TPSA) is 54.9 Å². The average molecular weight is 458 g/mol. The second-order valence-corrected chi connectivity index (χ2v) is 8.32. The SMILES string of the molecule is COc1ccc(CCN2CCN(C(=O)/C=C/c3ccc(OCc4cccnc4)cc3)CC2)cc1. The molecule has 0 radical (unpaired) electrons. The van der Waals surface area contributed by atoms with Crippen molar-refractivity contribution in [2.24, 2.45) is 0 Å². The fourth-order valence-corrected chi connectivity index (χ4v) is 3.87. The molecule has 1 aliphatic heterocycles. The van der Waals surface area contributed by atoms with Crippen molar-refractivity contribution in [1.82, 2.24) is 14.8 Å². The van der Waals surface area contributed by atoms with E-state index in [0.29, 0.717) is 6.61 Å². The number of carbonyl (C=O) groups excluding carboxylic acids is 1. The van der Waals surface area contributed by atoms with Crippen molar-refractivity contribution in [1.29, 1.82) is 0 Å². The largest absolute Gasteiger partial charge is 0.497 e. The monoisotopic (exact) mass is 457 g/mol. The van der Waals surface area contributed by atoms with Gasteiger partial charge in [0.25, 0.3) is 0 Å². The van der Waals surface area contributed by atoms with Gasteiger partial charge in [-0.15, -0.1) is 0 Å². The Morgan fingerprint density at radius 1 is 0.941 bits per heavy atom. The van der Waals surface area contributed by atoms with Crippen LogP contribution >= 0.6 is 0 Å². The van der Waals surface area contributed by atoms with Crippen LogP contribution in [0, 0.1) is 0 Å². The van der Waals surface area contributed by atoms with Crippen molar-refractivity contribution in [3.05, 3.63) is 95.8 Å². The summed E-state index contributed by atoms with van der Waals surface area (Å²) in [6.45, 7) is 4.80. The number of nitrogens with zero attached hydrogens (tertiary/aromatic N) is 3. The van der Waals surface area contributed by atoms with E-state index in [2.05, 4.69) is 22.0 Å². The third-order valence-electron chi connectivity index (χ3n) is 5.99. The van der Waals surface area contributed by atoms with E-state index in [4.69, 9.17) is 9.47 Å². The fraction of sp³-hybridized carbons (Fsp3) is 0.286. The molecule has 4 rings (SSSR count). The summed E-state index contributed by atoms with van der Waals surface area (Å²) in [6.07, 6.45) is 8.07. The predicted octanol–water partition coefficient (Wildman–Crippen LogP) is 4.07. The Bertz CT molecular complexity index is 1060. The zero-order valence-electron chi connectivity index (χ0n) is 19.6. The normalized spacial score (nSPS) is 14.3. The van der Waals surface area contributed by atoms with Crippen LogP contribution in [0.25, 0.3) is 6.08 Å². The number of aromatic nitrogens is 1. The van der Waals surface area contributed by atoms with E-state index in [9.17, 15) is 4.79 Å². The number of ether oxygens (including phenoxy) is 2. The molecule has 0 unspecified atom stereocenters. The van der Waals surface area contributed by atoms with Gasteiger partial charge in [-0.3, -0.25) is 14.7 Å². The van der Waals surface area contributed by atoms with Crippen molar-refractivity contribution < 1.29 is 14.3 Å². The number of piperazine rings is 1. The quantitative estimate of drug-likeness (QED) is 0.454. The molecule has 6 heteroatoms. The Labute approximate surface area is 201 Å². The molecule has 2 heterocycles. The van der Waals surface area contributed by atoms with Crippen LogP contribution < -0.4 is 9.47 Å². The summed E-state index contributed by atoms with van der Waals surface area (Å²) in [5.74, 6) is 1.74. The lowest BCUT2D eigenvalue weighted by molar-refractivity contribution is -0.127. The van der Waals surface area contributed by atoms with Gasteiger partial charge in [-0.05, 0) is 54.0 Å². The first-order valence-corrected chi connectivity index (χ1v) is 11.6. The molecule has 0 aliphatic carbocycles. The molecule has 1 saturated heterocycles. The lowest BCUT2D eigenvalue weighted by Gasteiger charge is -2.34. The maximum Gasteiger partial charge on any atom is 0.246 e. The van der Waals surface area contributed by atoms with E-state index in [1.165, 1.54) is 5.56 Å². The maximum atomic E-state index is 12.6. The van der Waals surface area contributed by atoms with Gasteiger partial charge in [0.2, 0.25) is 5.91 Å². The highest BCUT2D eigenvalue weighted by atomic mass is 16.5. The highest BCUT2D eigenvalue weighted by Gasteiger charge is 2.19. The molecule has 1 aromatic heterocycles. The second kappa shape index (κ2) is 12.0. The molecule has 0 bridgehead atoms. The van der Waals surface area contributed by atoms with Gasteiger partial charge in [0.05, 0.1) is 7.11 Å². The zero-order valence-corrected chi connectivity index (χ0v) is 19.6. The summed E-state index contributed by atoms with van der Waals surface area (Å²) in [6, 6.07) is 19.9. The molecule has 34 heavy (non-hydrogen) atoms. The molecule has 0 N–H and O–H groups in total. The molecule has 1 fully saturated rings. The molecule has 0 atom stereocenters. The molecule has 176 valence electrons. The smallest absolute Gasteiger partial charge is 0.246 e. The Hall–Kier alpha value is -3.64. The molecular formula is C28H31N3O3. The van der Waals surface area contributed by atoms with E-state index in [1.54, 1.807) is 25.6 Å². The third-order valence-corrected chi connectivity index (χ3v) is 5.99. The minimum atomic E-state index is 0.0618. The third kappa shape index (κ3) is 6.93. The highest BCUT2D eigenvalue weighted by Crippen LogP contribution is 2.16. The number of carbonyl (C=O) groups is 1. The average Bonchev–Trinajstić information content (AvgIpc) is 2.91. The van der Waals surface area contributed by atoms with Crippen LogP contribution in [0.2, 0.25) is 0 Å². The van der Waals surface area contributed by atoms with Crippen LogP contribution in [0.3, 0.4) is 0 Å². The minimum absolute atomic E-state index is 0.0618. The summed E-state index contributed by atoms with van der Waals surface area (Å²) in [5.41, 5.74) is 3.30. The Kier molecular flexibility index (Phi) is 8.30. The molecule has 0 spiro atoms. The van der Waals surface area contributed by atoms with Gasteiger partial charge in [-0.25, -0.2) is 0 Å². The maximum absolute atomic E-state index is 12.6. The van der Waals surface area contributed by atoms with Crippen molar-refractivity contribution in [2.45, 2.75) is 13.0 Å². The van der Waals surface area contributed by atoms with E-state index in [1.807, 2.05) is 59.5 Å². The molecule has 1 aliphatic rings. The fourth-order valence-electron chi connectivity index (χ4n) is 3.87. The number of benzene rings is 2. The van der Waals surface area contributed by atoms with Crippen LogP contribution in [-0.4, -0.2) is 60.5 Å². The second-order valence-electron chi connectivity index (χ2n) is 8.32. The molecule has 3 aromatic rings. The lowest BCUT2D eigenvalue weighted by Crippen LogP contribution is -2.48. The Balaban J connectivity index is 1.18. The van der Waals surface area contributed by atoms with Crippen LogP contribution in [0.4, 0.5) is 0 Å². The molecule has 2 aromatic carbocycles. The predicted molar refractivity (Wildman–Crippen MR) is 134 cm³/mol. The van der Waals surface area contributed by atoms with Gasteiger partial charge >= 0.3 is 0 Å². The summed E-state index contributed by atoms with van der Waals surface area (Å²) in [4.78, 5) is 21.1. The van der Waals surface area contributed by atoms with Crippen LogP contribution in [0.15, 0.2) is 79.1 Å². The van der Waals surface area contributed by atoms with E-state index >= 15 is 0 Å². The molecule has 1 amide bonds. The summed E-state index contributed by atoms with van der Waals surface area (Å²) < 4.78 is 11.0. The zero-order chi connectivity index (χ0) is 23.6. The molecule has 6 nitrogen and oxygen atoms in total. The summed E-state index contributed by atoms with van der Waals surface area (Å²) >= 11 is 0. The minimum Gasteiger partial charge on any atom is -0.497 e. The van der Waals surface area contributed by atoms with Gasteiger partial charge in [0, 0.05) is 56.8 Å². The van der Waals surface area contributed by atoms with Crippen LogP contribution in [0.1, 0.15) is 16.7 Å². The van der Waals surface area contributed by atoms with Gasteiger partial charge in [-0.1, -0.05) is 30.3 Å². The van der Waals surface area contributed by atoms with E-state index in [-0.39, 0.29) is 5.91 Å². The number of hydrogen-bond acceptors (Lipinski definition) is 5. The van der Waals surface area contributed by atoms with Gasteiger partial charge < -0.3 is 14.4 Å².